The molecule has 24 heavy (non-hydrogen) atoms. The lowest BCUT2D eigenvalue weighted by molar-refractivity contribution is -0.137. The quantitative estimate of drug-likeness (QED) is 0.523. The van der Waals surface area contributed by atoms with E-state index in [0.717, 1.165) is 12.1 Å². The highest BCUT2D eigenvalue weighted by molar-refractivity contribution is 6.45. The molecule has 1 aromatic carbocycles. The molecule has 0 bridgehead atoms. The van der Waals surface area contributed by atoms with Crippen LogP contribution in [0.4, 0.5) is 13.2 Å². The van der Waals surface area contributed by atoms with Crippen molar-refractivity contribution in [2.75, 3.05) is 0 Å². The van der Waals surface area contributed by atoms with Gasteiger partial charge < -0.3 is 9.31 Å². The fraction of sp³-hybridized carbons (Fsp3) is 0.556. The highest BCUT2D eigenvalue weighted by Gasteiger charge is 2.51. The van der Waals surface area contributed by atoms with Crippen LogP contribution in [-0.2, 0) is 15.5 Å². The summed E-state index contributed by atoms with van der Waals surface area (Å²) in [7, 11) is -0.753. The highest BCUT2D eigenvalue weighted by Crippen LogP contribution is 2.40. The Balaban J connectivity index is 2.25. The molecule has 1 fully saturated rings. The number of allylic oxidation sites excluding steroid dienone is 1. The molecule has 1 aliphatic rings. The largest absolute Gasteiger partial charge is 0.458 e. The first-order chi connectivity index (χ1) is 11.4. The third-order valence-electron chi connectivity index (χ3n) is 4.75. The highest BCUT2D eigenvalue weighted by atomic mass is 19.4. The lowest BCUT2D eigenvalue weighted by Gasteiger charge is -2.32. The van der Waals surface area contributed by atoms with E-state index in [9.17, 15) is 13.2 Å². The van der Waals surface area contributed by atoms with E-state index in [2.05, 4.69) is 6.58 Å². The molecule has 0 spiro atoms. The molecule has 1 aromatic rings. The number of hydrogen-bond acceptors (Lipinski definition) is 2. The average molecular weight is 341 g/mol. The fourth-order valence-corrected chi connectivity index (χ4v) is 2.58. The van der Waals surface area contributed by atoms with Gasteiger partial charge in [-0.1, -0.05) is 18.2 Å². The van der Waals surface area contributed by atoms with Crippen LogP contribution in [0.2, 0.25) is 6.30 Å². The van der Waals surface area contributed by atoms with E-state index in [1.54, 1.807) is 6.08 Å². The molecule has 0 radical (unpaired) electrons. The van der Waals surface area contributed by atoms with Gasteiger partial charge in [0, 0.05) is 1.37 Å². The van der Waals surface area contributed by atoms with Crippen molar-refractivity contribution in [1.82, 2.24) is 0 Å². The summed E-state index contributed by atoms with van der Waals surface area (Å²) in [5.41, 5.74) is -1.18. The molecule has 1 saturated heterocycles. The van der Waals surface area contributed by atoms with Gasteiger partial charge in [-0.25, -0.2) is 0 Å². The van der Waals surface area contributed by atoms with E-state index >= 15 is 0 Å². The average Bonchev–Trinajstić information content (AvgIpc) is 2.72. The van der Waals surface area contributed by atoms with Crippen LogP contribution in [0.5, 0.6) is 0 Å². The molecule has 0 saturated carbocycles. The maximum atomic E-state index is 12.8. The Kier molecular flexibility index (Phi) is 4.80. The van der Waals surface area contributed by atoms with Crippen molar-refractivity contribution in [3.63, 3.8) is 0 Å². The minimum atomic E-state index is -4.38. The zero-order chi connectivity index (χ0) is 19.0. The Bertz CT molecular complexity index is 598. The van der Waals surface area contributed by atoms with Gasteiger partial charge in [-0.05, 0) is 64.0 Å². The number of rotatable bonds is 5. The van der Waals surface area contributed by atoms with Crippen LogP contribution in [0.15, 0.2) is 36.9 Å². The predicted octanol–water partition coefficient (Wildman–Crippen LogP) is 5.46. The molecule has 1 heterocycles. The van der Waals surface area contributed by atoms with Crippen LogP contribution in [0.1, 0.15) is 52.5 Å². The monoisotopic (exact) mass is 341 g/mol. The van der Waals surface area contributed by atoms with Gasteiger partial charge in [-0.15, -0.1) is 6.58 Å². The normalized spacial score (nSPS) is 22.8. The molecule has 2 nitrogen and oxygen atoms in total. The molecular formula is C18H24BF3O2. The molecule has 6 heteroatoms. The summed E-state index contributed by atoms with van der Waals surface area (Å²) >= 11 is 0. The van der Waals surface area contributed by atoms with Crippen molar-refractivity contribution in [2.24, 2.45) is 0 Å². The van der Waals surface area contributed by atoms with Crippen LogP contribution < -0.4 is 0 Å². The van der Waals surface area contributed by atoms with Crippen molar-refractivity contribution >= 4 is 7.12 Å². The van der Waals surface area contributed by atoms with Gasteiger partial charge in [0.05, 0.1) is 16.8 Å². The SMILES string of the molecule is [2H][C@H](B1OC(C)(C)C(C)(C)O1)[C@H](CC=C)c1ccc(C(F)(F)F)cc1. The second kappa shape index (κ2) is 6.56. The van der Waals surface area contributed by atoms with Crippen molar-refractivity contribution in [3.8, 4) is 0 Å². The summed E-state index contributed by atoms with van der Waals surface area (Å²) in [4.78, 5) is 0. The predicted molar refractivity (Wildman–Crippen MR) is 89.9 cm³/mol. The van der Waals surface area contributed by atoms with E-state index in [-0.39, 0.29) is 5.92 Å². The number of hydrogen-bond donors (Lipinski definition) is 0. The van der Waals surface area contributed by atoms with Crippen molar-refractivity contribution in [3.05, 3.63) is 48.0 Å². The van der Waals surface area contributed by atoms with E-state index in [4.69, 9.17) is 10.7 Å². The topological polar surface area (TPSA) is 18.5 Å². The van der Waals surface area contributed by atoms with Crippen molar-refractivity contribution in [2.45, 2.75) is 63.7 Å². The van der Waals surface area contributed by atoms with Crippen molar-refractivity contribution in [1.29, 1.82) is 0 Å². The molecule has 0 aromatic heterocycles. The van der Waals surface area contributed by atoms with Gasteiger partial charge in [0.15, 0.2) is 0 Å². The molecule has 2 atom stereocenters. The van der Waals surface area contributed by atoms with Crippen molar-refractivity contribution < 1.29 is 23.9 Å². The van der Waals surface area contributed by atoms with Gasteiger partial charge in [0.2, 0.25) is 0 Å². The molecule has 1 aliphatic heterocycles. The van der Waals surface area contributed by atoms with Gasteiger partial charge in [-0.3, -0.25) is 0 Å². The summed E-state index contributed by atoms with van der Waals surface area (Å²) in [6.07, 6.45) is -3.05. The van der Waals surface area contributed by atoms with Crippen LogP contribution in [-0.4, -0.2) is 18.3 Å². The van der Waals surface area contributed by atoms with Crippen LogP contribution in [0.25, 0.3) is 0 Å². The third kappa shape index (κ3) is 4.04. The number of benzene rings is 1. The number of halogens is 3. The van der Waals surface area contributed by atoms with Crippen LogP contribution in [0.3, 0.4) is 0 Å². The maximum absolute atomic E-state index is 12.8. The van der Waals surface area contributed by atoms with Crippen LogP contribution >= 0.6 is 0 Å². The van der Waals surface area contributed by atoms with Gasteiger partial charge >= 0.3 is 13.3 Å². The molecule has 0 N–H and O–H groups in total. The third-order valence-corrected chi connectivity index (χ3v) is 4.75. The Morgan fingerprint density at radius 2 is 1.67 bits per heavy atom. The second-order valence-electron chi connectivity index (χ2n) is 7.07. The molecule has 2 rings (SSSR count). The molecule has 0 unspecified atom stereocenters. The summed E-state index contributed by atoms with van der Waals surface area (Å²) in [5.74, 6) is -0.366. The Labute approximate surface area is 143 Å². The zero-order valence-corrected chi connectivity index (χ0v) is 14.5. The van der Waals surface area contributed by atoms with E-state index in [1.165, 1.54) is 12.1 Å². The smallest absolute Gasteiger partial charge is 0.403 e. The summed E-state index contributed by atoms with van der Waals surface area (Å²) < 4.78 is 58.7. The molecule has 0 aliphatic carbocycles. The van der Waals surface area contributed by atoms with Gasteiger partial charge in [-0.2, -0.15) is 13.2 Å². The molecule has 0 amide bonds. The summed E-state index contributed by atoms with van der Waals surface area (Å²) in [5, 5.41) is 0. The Morgan fingerprint density at radius 3 is 2.08 bits per heavy atom. The lowest BCUT2D eigenvalue weighted by atomic mass is 9.73. The second-order valence-corrected chi connectivity index (χ2v) is 7.07. The molecule has 132 valence electrons. The Morgan fingerprint density at radius 1 is 1.17 bits per heavy atom. The number of alkyl halides is 3. The fourth-order valence-electron chi connectivity index (χ4n) is 2.58. The van der Waals surface area contributed by atoms with E-state index < -0.39 is 36.4 Å². The first-order valence-corrected chi connectivity index (χ1v) is 7.95. The first kappa shape index (κ1) is 17.6. The summed E-state index contributed by atoms with van der Waals surface area (Å²) in [6, 6.07) is 4.93. The first-order valence-electron chi connectivity index (χ1n) is 8.53. The lowest BCUT2D eigenvalue weighted by Crippen LogP contribution is -2.41. The van der Waals surface area contributed by atoms with E-state index in [0.29, 0.717) is 12.0 Å². The maximum Gasteiger partial charge on any atom is 0.458 e. The zero-order valence-electron chi connectivity index (χ0n) is 15.5. The molecular weight excluding hydrogens is 316 g/mol. The summed E-state index contributed by atoms with van der Waals surface area (Å²) in [6.45, 7) is 11.3. The Hall–Kier alpha value is -1.27. The van der Waals surface area contributed by atoms with Gasteiger partial charge in [0.1, 0.15) is 0 Å². The van der Waals surface area contributed by atoms with Crippen LogP contribution in [0, 0.1) is 0 Å². The minimum Gasteiger partial charge on any atom is -0.403 e. The standard InChI is InChI=1S/C18H24BF3O2/c1-6-7-14(12-19-23-16(2,3)17(4,5)24-19)13-8-10-15(11-9-13)18(20,21)22/h6,8-11,14H,1,7,12H2,2-5H3/t14-/m0/s1/i12D/t12-,14-. The minimum absolute atomic E-state index is 0.366. The van der Waals surface area contributed by atoms with Gasteiger partial charge in [0.25, 0.3) is 0 Å². The van der Waals surface area contributed by atoms with E-state index in [1.807, 2.05) is 27.7 Å².